The van der Waals surface area contributed by atoms with Gasteiger partial charge in [-0.25, -0.2) is 0 Å². The van der Waals surface area contributed by atoms with E-state index in [1.54, 1.807) is 0 Å². The third-order valence-corrected chi connectivity index (χ3v) is 4.56. The van der Waals surface area contributed by atoms with Crippen LogP contribution in [0.4, 0.5) is 0 Å². The monoisotopic (exact) mass is 312 g/mol. The van der Waals surface area contributed by atoms with Crippen molar-refractivity contribution in [3.05, 3.63) is 66.7 Å². The van der Waals surface area contributed by atoms with Gasteiger partial charge in [-0.3, -0.25) is 0 Å². The summed E-state index contributed by atoms with van der Waals surface area (Å²) in [7, 11) is -0.352. The van der Waals surface area contributed by atoms with E-state index in [2.05, 4.69) is 30.3 Å². The van der Waals surface area contributed by atoms with E-state index in [0.29, 0.717) is 5.75 Å². The predicted octanol–water partition coefficient (Wildman–Crippen LogP) is 4.53. The van der Waals surface area contributed by atoms with Crippen LogP contribution in [0.2, 0.25) is 0 Å². The van der Waals surface area contributed by atoms with Crippen molar-refractivity contribution in [1.82, 2.24) is 0 Å². The summed E-state index contributed by atoms with van der Waals surface area (Å²) >= 11 is 0. The van der Waals surface area contributed by atoms with E-state index >= 15 is 0 Å². The molecule has 0 aliphatic rings. The first-order valence-electron chi connectivity index (χ1n) is 7.86. The summed E-state index contributed by atoms with van der Waals surface area (Å²) in [6.07, 6.45) is 0. The van der Waals surface area contributed by atoms with Gasteiger partial charge in [-0.05, 0) is 34.4 Å². The second-order valence-corrected chi connectivity index (χ2v) is 5.83. The molecule has 114 valence electrons. The fraction of sp³-hybridized carbons (Fsp3) is 0. The Bertz CT molecular complexity index is 1220. The van der Waals surface area contributed by atoms with Gasteiger partial charge in [0.15, 0.2) is 0 Å². The number of benzene rings is 4. The molecule has 0 aliphatic carbocycles. The molecule has 0 saturated carbocycles. The smallest absolute Gasteiger partial charge is 0.504 e. The average Bonchev–Trinajstić information content (AvgIpc) is 2.76. The molecule has 1 N–H and O–H groups in total. The molecule has 0 unspecified atom stereocenters. The van der Waals surface area contributed by atoms with Crippen LogP contribution in [0, 0.1) is 0 Å². The van der Waals surface area contributed by atoms with Crippen LogP contribution in [-0.4, -0.2) is 12.7 Å². The molecule has 0 amide bonds. The molecule has 5 aromatic rings. The van der Waals surface area contributed by atoms with Crippen LogP contribution in [0.15, 0.2) is 71.1 Å². The van der Waals surface area contributed by atoms with E-state index in [9.17, 15) is 0 Å². The Morgan fingerprint density at radius 1 is 0.708 bits per heavy atom. The van der Waals surface area contributed by atoms with Gasteiger partial charge in [0.05, 0.1) is 0 Å². The van der Waals surface area contributed by atoms with Gasteiger partial charge >= 0.3 is 7.69 Å². The van der Waals surface area contributed by atoms with Crippen LogP contribution in [0.3, 0.4) is 0 Å². The lowest BCUT2D eigenvalue weighted by molar-refractivity contribution is 0.456. The Hall–Kier alpha value is -2.98. The van der Waals surface area contributed by atoms with Gasteiger partial charge in [0.2, 0.25) is 0 Å². The number of rotatable bonds is 2. The first-order chi connectivity index (χ1) is 11.9. The van der Waals surface area contributed by atoms with E-state index in [0.717, 1.165) is 43.5 Å². The lowest BCUT2D eigenvalue weighted by Gasteiger charge is -2.08. The van der Waals surface area contributed by atoms with Crippen molar-refractivity contribution in [2.75, 3.05) is 0 Å². The summed E-state index contributed by atoms with van der Waals surface area (Å²) in [4.78, 5) is 0. The highest BCUT2D eigenvalue weighted by atomic mass is 16.5. The van der Waals surface area contributed by atoms with E-state index in [1.165, 1.54) is 0 Å². The molecule has 0 atom stereocenters. The summed E-state index contributed by atoms with van der Waals surface area (Å²) in [6, 6.07) is 22.3. The first kappa shape index (κ1) is 13.5. The Labute approximate surface area is 138 Å². The SMILES string of the molecule is OBOc1ccc2oc3cccc4cccc(c5cccc1c25)c43. The third-order valence-electron chi connectivity index (χ3n) is 4.56. The van der Waals surface area contributed by atoms with Gasteiger partial charge in [-0.1, -0.05) is 48.5 Å². The predicted molar refractivity (Wildman–Crippen MR) is 98.7 cm³/mol. The lowest BCUT2D eigenvalue weighted by atomic mass is 9.99. The largest absolute Gasteiger partial charge is 0.538 e. The molecule has 3 nitrogen and oxygen atoms in total. The zero-order chi connectivity index (χ0) is 16.1. The zero-order valence-electron chi connectivity index (χ0n) is 12.8. The van der Waals surface area contributed by atoms with E-state index in [1.807, 2.05) is 36.4 Å². The standard InChI is InChI=1S/C20H13BO3/c22-21-24-16-10-11-18-20-14(7-3-8-15(16)20)13-6-1-4-12-5-2-9-17(23-18)19(12)13/h1-11,21-22H. The number of hydrogen-bond acceptors (Lipinski definition) is 3. The Balaban J connectivity index is 2.14. The van der Waals surface area contributed by atoms with Gasteiger partial charge in [0.25, 0.3) is 0 Å². The average molecular weight is 312 g/mol. The fourth-order valence-electron chi connectivity index (χ4n) is 3.59. The van der Waals surface area contributed by atoms with Gasteiger partial charge in [0, 0.05) is 16.2 Å². The van der Waals surface area contributed by atoms with Gasteiger partial charge in [-0.15, -0.1) is 0 Å². The molecule has 0 saturated heterocycles. The Kier molecular flexibility index (Phi) is 2.81. The topological polar surface area (TPSA) is 42.6 Å². The van der Waals surface area contributed by atoms with Crippen molar-refractivity contribution >= 4 is 51.2 Å². The quantitative estimate of drug-likeness (QED) is 0.487. The summed E-state index contributed by atoms with van der Waals surface area (Å²) in [5, 5.41) is 15.6. The van der Waals surface area contributed by atoms with E-state index < -0.39 is 0 Å². The minimum Gasteiger partial charge on any atom is -0.538 e. The first-order valence-corrected chi connectivity index (χ1v) is 7.86. The van der Waals surface area contributed by atoms with Crippen molar-refractivity contribution in [2.24, 2.45) is 0 Å². The highest BCUT2D eigenvalue weighted by Crippen LogP contribution is 2.38. The second-order valence-electron chi connectivity index (χ2n) is 5.83. The molecule has 0 aliphatic heterocycles. The molecular formula is C20H13BO3. The third kappa shape index (κ3) is 1.77. The molecule has 5 rings (SSSR count). The molecule has 1 heterocycles. The molecule has 24 heavy (non-hydrogen) atoms. The lowest BCUT2D eigenvalue weighted by Crippen LogP contribution is -2.00. The summed E-state index contributed by atoms with van der Waals surface area (Å²) in [5.41, 5.74) is 1.66. The van der Waals surface area contributed by atoms with Crippen molar-refractivity contribution < 1.29 is 14.1 Å². The van der Waals surface area contributed by atoms with Gasteiger partial charge in [-0.2, -0.15) is 0 Å². The van der Waals surface area contributed by atoms with Crippen LogP contribution < -0.4 is 4.65 Å². The number of hydrogen-bond donors (Lipinski definition) is 1. The van der Waals surface area contributed by atoms with E-state index in [4.69, 9.17) is 14.1 Å². The normalized spacial score (nSPS) is 11.5. The van der Waals surface area contributed by atoms with Crippen LogP contribution >= 0.6 is 0 Å². The molecule has 4 aromatic carbocycles. The number of fused-ring (bicyclic) bond motifs is 1. The summed E-state index contributed by atoms with van der Waals surface area (Å²) in [5.74, 6) is 0.653. The maximum atomic E-state index is 9.16. The van der Waals surface area contributed by atoms with Crippen LogP contribution in [0.25, 0.3) is 43.5 Å². The maximum absolute atomic E-state index is 9.16. The van der Waals surface area contributed by atoms with E-state index in [-0.39, 0.29) is 7.69 Å². The Morgan fingerprint density at radius 3 is 2.21 bits per heavy atom. The summed E-state index contributed by atoms with van der Waals surface area (Å²) in [6.45, 7) is 0. The molecule has 0 radical (unpaired) electrons. The minimum atomic E-state index is -0.352. The maximum Gasteiger partial charge on any atom is 0.504 e. The molecule has 1 aromatic heterocycles. The second kappa shape index (κ2) is 5.01. The van der Waals surface area contributed by atoms with Crippen LogP contribution in [0.5, 0.6) is 5.75 Å². The fourth-order valence-corrected chi connectivity index (χ4v) is 3.59. The zero-order valence-corrected chi connectivity index (χ0v) is 12.8. The highest BCUT2D eigenvalue weighted by Gasteiger charge is 2.13. The van der Waals surface area contributed by atoms with Crippen LogP contribution in [-0.2, 0) is 0 Å². The molecule has 0 fully saturated rings. The molecule has 0 bridgehead atoms. The molecular weight excluding hydrogens is 299 g/mol. The molecule has 4 heteroatoms. The van der Waals surface area contributed by atoms with Crippen molar-refractivity contribution in [2.45, 2.75) is 0 Å². The van der Waals surface area contributed by atoms with Gasteiger partial charge < -0.3 is 14.1 Å². The Morgan fingerprint density at radius 2 is 1.38 bits per heavy atom. The van der Waals surface area contributed by atoms with Crippen molar-refractivity contribution in [1.29, 1.82) is 0 Å². The van der Waals surface area contributed by atoms with Crippen molar-refractivity contribution in [3.8, 4) is 5.75 Å². The van der Waals surface area contributed by atoms with Crippen LogP contribution in [0.1, 0.15) is 0 Å². The van der Waals surface area contributed by atoms with Gasteiger partial charge in [0.1, 0.15) is 16.9 Å². The minimum absolute atomic E-state index is 0.352. The van der Waals surface area contributed by atoms with Crippen molar-refractivity contribution in [3.63, 3.8) is 0 Å². The molecule has 0 spiro atoms. The highest BCUT2D eigenvalue weighted by molar-refractivity contribution is 6.24. The summed E-state index contributed by atoms with van der Waals surface area (Å²) < 4.78 is 11.7.